The van der Waals surface area contributed by atoms with E-state index in [0.29, 0.717) is 12.3 Å². The Kier molecular flexibility index (Phi) is 6.43. The van der Waals surface area contributed by atoms with Crippen molar-refractivity contribution in [2.45, 2.75) is 26.7 Å². The second-order valence-corrected chi connectivity index (χ2v) is 7.08. The van der Waals surface area contributed by atoms with Crippen molar-refractivity contribution in [3.8, 4) is 0 Å². The third-order valence-electron chi connectivity index (χ3n) is 3.92. The van der Waals surface area contributed by atoms with Crippen LogP contribution in [0.1, 0.15) is 25.3 Å². The quantitative estimate of drug-likeness (QED) is 0.786. The number of nitrogens with one attached hydrogen (secondary N) is 1. The molecule has 1 aliphatic rings. The lowest BCUT2D eigenvalue weighted by atomic mass is 10.1. The number of anilines is 1. The standard InChI is InChI=1S/C17H26N2OS/c1-3-21-10-8-17(20)18-12-15-7-9-19(13-15)16-6-4-5-14(2)11-16/h4-6,11,15H,3,7-10,12-13H2,1-2H3,(H,18,20)/t15-/m1/s1. The minimum atomic E-state index is 0.199. The molecule has 1 N–H and O–H groups in total. The lowest BCUT2D eigenvalue weighted by Gasteiger charge is -2.19. The lowest BCUT2D eigenvalue weighted by Crippen LogP contribution is -2.31. The van der Waals surface area contributed by atoms with E-state index in [-0.39, 0.29) is 5.91 Å². The Morgan fingerprint density at radius 2 is 2.33 bits per heavy atom. The molecule has 1 atom stereocenters. The average Bonchev–Trinajstić information content (AvgIpc) is 2.94. The topological polar surface area (TPSA) is 32.3 Å². The van der Waals surface area contributed by atoms with Gasteiger partial charge < -0.3 is 10.2 Å². The van der Waals surface area contributed by atoms with Gasteiger partial charge in [0.1, 0.15) is 0 Å². The number of amides is 1. The Hall–Kier alpha value is -1.16. The molecule has 0 bridgehead atoms. The van der Waals surface area contributed by atoms with Gasteiger partial charge in [-0.25, -0.2) is 0 Å². The SMILES string of the molecule is CCSCCC(=O)NC[C@H]1CCN(c2cccc(C)c2)C1. The number of carbonyl (C=O) groups excluding carboxylic acids is 1. The molecule has 1 saturated heterocycles. The second-order valence-electron chi connectivity index (χ2n) is 5.69. The molecular formula is C17H26N2OS. The molecule has 116 valence electrons. The Balaban J connectivity index is 1.72. The Labute approximate surface area is 132 Å². The Morgan fingerprint density at radius 1 is 1.48 bits per heavy atom. The van der Waals surface area contributed by atoms with Crippen LogP contribution in [0.4, 0.5) is 5.69 Å². The van der Waals surface area contributed by atoms with Gasteiger partial charge in [-0.2, -0.15) is 11.8 Å². The van der Waals surface area contributed by atoms with Crippen LogP contribution in [0.25, 0.3) is 0 Å². The zero-order valence-electron chi connectivity index (χ0n) is 13.1. The van der Waals surface area contributed by atoms with Gasteiger partial charge in [0.05, 0.1) is 0 Å². The van der Waals surface area contributed by atoms with Gasteiger partial charge in [-0.3, -0.25) is 4.79 Å². The molecule has 0 unspecified atom stereocenters. The molecule has 1 aromatic carbocycles. The number of thioether (sulfide) groups is 1. The van der Waals surface area contributed by atoms with Crippen LogP contribution in [0.15, 0.2) is 24.3 Å². The van der Waals surface area contributed by atoms with Gasteiger partial charge in [-0.05, 0) is 42.7 Å². The molecule has 1 aliphatic heterocycles. The average molecular weight is 306 g/mol. The van der Waals surface area contributed by atoms with Gasteiger partial charge in [0.25, 0.3) is 0 Å². The highest BCUT2D eigenvalue weighted by Crippen LogP contribution is 2.24. The molecule has 1 amide bonds. The van der Waals surface area contributed by atoms with Crippen molar-refractivity contribution in [1.82, 2.24) is 5.32 Å². The molecule has 1 heterocycles. The van der Waals surface area contributed by atoms with Crippen LogP contribution < -0.4 is 10.2 Å². The van der Waals surface area contributed by atoms with Crippen LogP contribution in [-0.2, 0) is 4.79 Å². The van der Waals surface area contributed by atoms with Crippen molar-refractivity contribution in [2.24, 2.45) is 5.92 Å². The molecular weight excluding hydrogens is 280 g/mol. The van der Waals surface area contributed by atoms with Crippen molar-refractivity contribution in [1.29, 1.82) is 0 Å². The van der Waals surface area contributed by atoms with Gasteiger partial charge in [0.15, 0.2) is 0 Å². The third kappa shape index (κ3) is 5.27. The van der Waals surface area contributed by atoms with E-state index >= 15 is 0 Å². The van der Waals surface area contributed by atoms with Gasteiger partial charge in [0, 0.05) is 37.5 Å². The number of hydrogen-bond donors (Lipinski definition) is 1. The molecule has 2 rings (SSSR count). The van der Waals surface area contributed by atoms with Gasteiger partial charge in [-0.15, -0.1) is 0 Å². The Morgan fingerprint density at radius 3 is 3.10 bits per heavy atom. The summed E-state index contributed by atoms with van der Waals surface area (Å²) >= 11 is 1.82. The molecule has 1 fully saturated rings. The highest BCUT2D eigenvalue weighted by Gasteiger charge is 2.22. The first-order valence-electron chi connectivity index (χ1n) is 7.85. The molecule has 0 radical (unpaired) electrons. The molecule has 3 nitrogen and oxygen atoms in total. The monoisotopic (exact) mass is 306 g/mol. The maximum atomic E-state index is 11.7. The predicted molar refractivity (Wildman–Crippen MR) is 92.1 cm³/mol. The number of rotatable bonds is 7. The molecule has 0 spiro atoms. The molecule has 4 heteroatoms. The van der Waals surface area contributed by atoms with Crippen LogP contribution in [-0.4, -0.2) is 37.0 Å². The maximum Gasteiger partial charge on any atom is 0.220 e. The lowest BCUT2D eigenvalue weighted by molar-refractivity contribution is -0.120. The summed E-state index contributed by atoms with van der Waals surface area (Å²) in [6, 6.07) is 8.66. The first-order valence-corrected chi connectivity index (χ1v) is 9.00. The number of aryl methyl sites for hydroxylation is 1. The molecule has 0 aliphatic carbocycles. The smallest absolute Gasteiger partial charge is 0.220 e. The summed E-state index contributed by atoms with van der Waals surface area (Å²) in [5, 5.41) is 3.09. The van der Waals surface area contributed by atoms with Crippen LogP contribution in [0.3, 0.4) is 0 Å². The molecule has 1 aromatic rings. The predicted octanol–water partition coefficient (Wildman–Crippen LogP) is 3.08. The fourth-order valence-corrected chi connectivity index (χ4v) is 3.33. The van der Waals surface area contributed by atoms with Crippen molar-refractivity contribution in [3.63, 3.8) is 0 Å². The van der Waals surface area contributed by atoms with Gasteiger partial charge in [-0.1, -0.05) is 19.1 Å². The summed E-state index contributed by atoms with van der Waals surface area (Å²) in [5.41, 5.74) is 2.61. The van der Waals surface area contributed by atoms with Crippen molar-refractivity contribution in [3.05, 3.63) is 29.8 Å². The van der Waals surface area contributed by atoms with E-state index in [0.717, 1.165) is 37.6 Å². The van der Waals surface area contributed by atoms with Crippen LogP contribution in [0, 0.1) is 12.8 Å². The zero-order chi connectivity index (χ0) is 15.1. The number of hydrogen-bond acceptors (Lipinski definition) is 3. The normalized spacial score (nSPS) is 18.0. The Bertz CT molecular complexity index is 464. The summed E-state index contributed by atoms with van der Waals surface area (Å²) in [7, 11) is 0. The second kappa shape index (κ2) is 8.32. The summed E-state index contributed by atoms with van der Waals surface area (Å²) in [5.74, 6) is 2.79. The first-order chi connectivity index (χ1) is 10.2. The number of benzene rings is 1. The van der Waals surface area contributed by atoms with Crippen LogP contribution in [0.2, 0.25) is 0 Å². The zero-order valence-corrected chi connectivity index (χ0v) is 13.9. The largest absolute Gasteiger partial charge is 0.371 e. The summed E-state index contributed by atoms with van der Waals surface area (Å²) in [6.45, 7) is 7.22. The first kappa shape index (κ1) is 16.2. The summed E-state index contributed by atoms with van der Waals surface area (Å²) in [6.07, 6.45) is 1.81. The van der Waals surface area contributed by atoms with Crippen LogP contribution in [0.5, 0.6) is 0 Å². The van der Waals surface area contributed by atoms with Crippen LogP contribution >= 0.6 is 11.8 Å². The van der Waals surface area contributed by atoms with E-state index in [2.05, 4.69) is 48.3 Å². The molecule has 0 aromatic heterocycles. The van der Waals surface area contributed by atoms with Crippen molar-refractivity contribution in [2.75, 3.05) is 36.0 Å². The van der Waals surface area contributed by atoms with E-state index in [4.69, 9.17) is 0 Å². The number of carbonyl (C=O) groups is 1. The highest BCUT2D eigenvalue weighted by atomic mass is 32.2. The highest BCUT2D eigenvalue weighted by molar-refractivity contribution is 7.99. The maximum absolute atomic E-state index is 11.7. The summed E-state index contributed by atoms with van der Waals surface area (Å²) in [4.78, 5) is 14.2. The van der Waals surface area contributed by atoms with E-state index in [1.54, 1.807) is 0 Å². The fraction of sp³-hybridized carbons (Fsp3) is 0.588. The molecule has 0 saturated carbocycles. The minimum absolute atomic E-state index is 0.199. The van der Waals surface area contributed by atoms with Crippen molar-refractivity contribution < 1.29 is 4.79 Å². The minimum Gasteiger partial charge on any atom is -0.371 e. The van der Waals surface area contributed by atoms with Crippen molar-refractivity contribution >= 4 is 23.4 Å². The molecule has 21 heavy (non-hydrogen) atoms. The summed E-state index contributed by atoms with van der Waals surface area (Å²) < 4.78 is 0. The van der Waals surface area contributed by atoms with E-state index in [9.17, 15) is 4.79 Å². The van der Waals surface area contributed by atoms with Gasteiger partial charge >= 0.3 is 0 Å². The third-order valence-corrected chi connectivity index (χ3v) is 4.82. The fourth-order valence-electron chi connectivity index (χ4n) is 2.71. The van der Waals surface area contributed by atoms with E-state index in [1.165, 1.54) is 11.3 Å². The van der Waals surface area contributed by atoms with Gasteiger partial charge in [0.2, 0.25) is 5.91 Å². The van der Waals surface area contributed by atoms with E-state index in [1.807, 2.05) is 11.8 Å². The van der Waals surface area contributed by atoms with E-state index < -0.39 is 0 Å². The number of nitrogens with zero attached hydrogens (tertiary/aromatic N) is 1.